The van der Waals surface area contributed by atoms with Crippen LogP contribution in [0.15, 0.2) is 23.4 Å². The molecule has 1 aliphatic rings. The Hall–Kier alpha value is -1.51. The first kappa shape index (κ1) is 15.9. The van der Waals surface area contributed by atoms with Gasteiger partial charge in [0.2, 0.25) is 0 Å². The van der Waals surface area contributed by atoms with E-state index in [-0.39, 0.29) is 23.7 Å². The van der Waals surface area contributed by atoms with E-state index in [2.05, 4.69) is 10.3 Å². The number of nitrogens with zero attached hydrogens (tertiary/aromatic N) is 2. The zero-order valence-electron chi connectivity index (χ0n) is 12.0. The van der Waals surface area contributed by atoms with E-state index in [0.29, 0.717) is 16.8 Å². The molecule has 0 spiro atoms. The second-order valence-electron chi connectivity index (χ2n) is 5.40. The van der Waals surface area contributed by atoms with Crippen molar-refractivity contribution in [1.29, 1.82) is 0 Å². The maximum atomic E-state index is 12.2. The lowest BCUT2D eigenvalue weighted by atomic mass is 10.2. The largest absolute Gasteiger partial charge is 0.390 e. The van der Waals surface area contributed by atoms with Crippen LogP contribution >= 0.6 is 0 Å². The van der Waals surface area contributed by atoms with Gasteiger partial charge in [-0.2, -0.15) is 8.42 Å². The SMILES string of the molecule is CC(C)CNCC(O)CN1C(=O)c2cccnc2S1(=O)=O. The van der Waals surface area contributed by atoms with Crippen LogP contribution in [0.3, 0.4) is 0 Å². The number of hydrogen-bond acceptors (Lipinski definition) is 6. The predicted octanol–water partition coefficient (Wildman–Crippen LogP) is -0.167. The number of amides is 1. The highest BCUT2D eigenvalue weighted by Crippen LogP contribution is 2.27. The van der Waals surface area contributed by atoms with Crippen molar-refractivity contribution in [2.75, 3.05) is 19.6 Å². The van der Waals surface area contributed by atoms with Gasteiger partial charge in [-0.3, -0.25) is 4.79 Å². The molecule has 0 aliphatic carbocycles. The highest BCUT2D eigenvalue weighted by molar-refractivity contribution is 7.90. The zero-order valence-corrected chi connectivity index (χ0v) is 12.8. The highest BCUT2D eigenvalue weighted by atomic mass is 32.2. The van der Waals surface area contributed by atoms with Gasteiger partial charge in [-0.15, -0.1) is 0 Å². The Morgan fingerprint density at radius 3 is 2.71 bits per heavy atom. The molecule has 1 atom stereocenters. The summed E-state index contributed by atoms with van der Waals surface area (Å²) in [6.45, 7) is 4.70. The van der Waals surface area contributed by atoms with Crippen molar-refractivity contribution < 1.29 is 18.3 Å². The first-order valence-corrected chi connectivity index (χ1v) is 8.19. The van der Waals surface area contributed by atoms with Gasteiger partial charge in [-0.05, 0) is 24.6 Å². The van der Waals surface area contributed by atoms with E-state index in [1.807, 2.05) is 13.8 Å². The van der Waals surface area contributed by atoms with Crippen molar-refractivity contribution in [2.24, 2.45) is 5.92 Å². The summed E-state index contributed by atoms with van der Waals surface area (Å²) in [7, 11) is -3.95. The fourth-order valence-corrected chi connectivity index (χ4v) is 3.60. The molecule has 0 bridgehead atoms. The van der Waals surface area contributed by atoms with Crippen LogP contribution < -0.4 is 5.32 Å². The van der Waals surface area contributed by atoms with E-state index >= 15 is 0 Å². The van der Waals surface area contributed by atoms with Crippen molar-refractivity contribution in [3.63, 3.8) is 0 Å². The molecule has 2 rings (SSSR count). The van der Waals surface area contributed by atoms with Crippen LogP contribution in [0, 0.1) is 5.92 Å². The first-order valence-electron chi connectivity index (χ1n) is 6.75. The summed E-state index contributed by atoms with van der Waals surface area (Å²) in [4.78, 5) is 15.9. The van der Waals surface area contributed by atoms with Gasteiger partial charge < -0.3 is 10.4 Å². The molecular formula is C13H19N3O4S. The molecule has 0 saturated carbocycles. The molecule has 8 heteroatoms. The van der Waals surface area contributed by atoms with Crippen molar-refractivity contribution in [2.45, 2.75) is 25.0 Å². The summed E-state index contributed by atoms with van der Waals surface area (Å²) in [6.07, 6.45) is 0.366. The molecule has 7 nitrogen and oxygen atoms in total. The molecule has 2 N–H and O–H groups in total. The van der Waals surface area contributed by atoms with Gasteiger partial charge >= 0.3 is 0 Å². The summed E-state index contributed by atoms with van der Waals surface area (Å²) >= 11 is 0. The summed E-state index contributed by atoms with van der Waals surface area (Å²) in [5.74, 6) is -0.219. The highest BCUT2D eigenvalue weighted by Gasteiger charge is 2.42. The number of pyridine rings is 1. The number of aromatic nitrogens is 1. The van der Waals surface area contributed by atoms with Gasteiger partial charge in [-0.1, -0.05) is 13.8 Å². The van der Waals surface area contributed by atoms with Crippen LogP contribution in [0.25, 0.3) is 0 Å². The van der Waals surface area contributed by atoms with Crippen LogP contribution in [-0.4, -0.2) is 54.5 Å². The van der Waals surface area contributed by atoms with E-state index in [1.165, 1.54) is 18.3 Å². The number of sulfonamides is 1. The number of hydrogen-bond donors (Lipinski definition) is 2. The smallest absolute Gasteiger partial charge is 0.285 e. The Morgan fingerprint density at radius 2 is 2.10 bits per heavy atom. The first-order chi connectivity index (χ1) is 9.84. The molecule has 1 aromatic heterocycles. The summed E-state index contributed by atoms with van der Waals surface area (Å²) in [5.41, 5.74) is 0.0554. The maximum Gasteiger partial charge on any atom is 0.285 e. The number of carbonyl (C=O) groups excluding carboxylic acids is 1. The summed E-state index contributed by atoms with van der Waals surface area (Å²) < 4.78 is 25.1. The van der Waals surface area contributed by atoms with Crippen LogP contribution in [0.4, 0.5) is 0 Å². The number of fused-ring (bicyclic) bond motifs is 1. The minimum absolute atomic E-state index is 0.0554. The number of carbonyl (C=O) groups is 1. The lowest BCUT2D eigenvalue weighted by Crippen LogP contribution is -2.41. The lowest BCUT2D eigenvalue weighted by molar-refractivity contribution is 0.0791. The molecule has 1 aromatic rings. The molecule has 1 amide bonds. The van der Waals surface area contributed by atoms with Crippen LogP contribution in [0.1, 0.15) is 24.2 Å². The molecule has 21 heavy (non-hydrogen) atoms. The molecular weight excluding hydrogens is 294 g/mol. The van der Waals surface area contributed by atoms with Gasteiger partial charge in [0.05, 0.1) is 18.2 Å². The van der Waals surface area contributed by atoms with Crippen LogP contribution in [0.2, 0.25) is 0 Å². The van der Waals surface area contributed by atoms with Gasteiger partial charge in [-0.25, -0.2) is 9.29 Å². The monoisotopic (exact) mass is 313 g/mol. The third-order valence-electron chi connectivity index (χ3n) is 3.07. The van der Waals surface area contributed by atoms with E-state index in [1.54, 1.807) is 0 Å². The van der Waals surface area contributed by atoms with Gasteiger partial charge in [0.1, 0.15) is 0 Å². The molecule has 1 aliphatic heterocycles. The number of rotatable bonds is 6. The molecule has 0 saturated heterocycles. The van der Waals surface area contributed by atoms with Gasteiger partial charge in [0.25, 0.3) is 15.9 Å². The molecule has 1 unspecified atom stereocenters. The van der Waals surface area contributed by atoms with E-state index in [4.69, 9.17) is 0 Å². The number of aliphatic hydroxyl groups excluding tert-OH is 1. The standard InChI is InChI=1S/C13H19N3O4S/c1-9(2)6-14-7-10(17)8-16-13(18)11-4-3-5-15-12(11)21(16,19)20/h3-5,9-10,14,17H,6-8H2,1-2H3. The van der Waals surface area contributed by atoms with Crippen LogP contribution in [-0.2, 0) is 10.0 Å². The number of aliphatic hydroxyl groups is 1. The van der Waals surface area contributed by atoms with Crippen molar-refractivity contribution in [3.05, 3.63) is 23.9 Å². The minimum atomic E-state index is -3.95. The Labute approximate surface area is 124 Å². The van der Waals surface area contributed by atoms with E-state index in [0.717, 1.165) is 0 Å². The fourth-order valence-electron chi connectivity index (χ4n) is 2.08. The summed E-state index contributed by atoms with van der Waals surface area (Å²) in [5, 5.41) is 12.7. The minimum Gasteiger partial charge on any atom is -0.390 e. The average Bonchev–Trinajstić information content (AvgIpc) is 2.60. The Balaban J connectivity index is 2.07. The molecule has 2 heterocycles. The third-order valence-corrected chi connectivity index (χ3v) is 4.78. The summed E-state index contributed by atoms with van der Waals surface area (Å²) in [6, 6.07) is 2.93. The fraction of sp³-hybridized carbons (Fsp3) is 0.538. The Kier molecular flexibility index (Phi) is 4.60. The Morgan fingerprint density at radius 1 is 1.38 bits per heavy atom. The van der Waals surface area contributed by atoms with Crippen molar-refractivity contribution >= 4 is 15.9 Å². The zero-order chi connectivity index (χ0) is 15.6. The normalized spacial score (nSPS) is 18.1. The quantitative estimate of drug-likeness (QED) is 0.756. The van der Waals surface area contributed by atoms with Crippen molar-refractivity contribution in [3.8, 4) is 0 Å². The maximum absolute atomic E-state index is 12.2. The predicted molar refractivity (Wildman–Crippen MR) is 76.2 cm³/mol. The second kappa shape index (κ2) is 6.08. The third kappa shape index (κ3) is 3.22. The second-order valence-corrected chi connectivity index (χ2v) is 7.18. The molecule has 116 valence electrons. The van der Waals surface area contributed by atoms with Crippen LogP contribution in [0.5, 0.6) is 0 Å². The van der Waals surface area contributed by atoms with Crippen molar-refractivity contribution in [1.82, 2.24) is 14.6 Å². The average molecular weight is 313 g/mol. The molecule has 0 aromatic carbocycles. The molecule has 0 radical (unpaired) electrons. The topological polar surface area (TPSA) is 99.6 Å². The number of nitrogens with one attached hydrogen (secondary N) is 1. The van der Waals surface area contributed by atoms with Gasteiger partial charge in [0, 0.05) is 12.7 Å². The van der Waals surface area contributed by atoms with E-state index in [9.17, 15) is 18.3 Å². The number of β-amino-alcohol motifs (C(OH)–C–C–N with tert-alkyl or cyclic N) is 1. The lowest BCUT2D eigenvalue weighted by Gasteiger charge is -2.19. The van der Waals surface area contributed by atoms with Gasteiger partial charge in [0.15, 0.2) is 5.03 Å². The Bertz CT molecular complexity index is 630. The molecule has 0 fully saturated rings. The van der Waals surface area contributed by atoms with E-state index < -0.39 is 22.0 Å².